The topological polar surface area (TPSA) is 52.9 Å². The molecule has 1 aromatic heterocycles. The molecule has 21 heavy (non-hydrogen) atoms. The number of benzene rings is 1. The summed E-state index contributed by atoms with van der Waals surface area (Å²) in [5.41, 5.74) is 1.93. The number of fused-ring (bicyclic) bond motifs is 1. The van der Waals surface area contributed by atoms with E-state index in [1.165, 1.54) is 40.3 Å². The third-order valence-electron chi connectivity index (χ3n) is 3.59. The van der Waals surface area contributed by atoms with Crippen molar-refractivity contribution < 1.29 is 9.18 Å². The van der Waals surface area contributed by atoms with Crippen LogP contribution in [0.5, 0.6) is 0 Å². The zero-order valence-electron chi connectivity index (χ0n) is 11.3. The van der Waals surface area contributed by atoms with Crippen LogP contribution in [0, 0.1) is 17.1 Å². The molecule has 3 rings (SSSR count). The Hall–Kier alpha value is -2.19. The van der Waals surface area contributed by atoms with Gasteiger partial charge in [-0.2, -0.15) is 5.26 Å². The van der Waals surface area contributed by atoms with Crippen LogP contribution in [-0.2, 0) is 19.4 Å². The molecule has 2 aromatic rings. The first-order valence-electron chi connectivity index (χ1n) is 6.75. The van der Waals surface area contributed by atoms with Crippen molar-refractivity contribution in [3.8, 4) is 6.07 Å². The molecule has 1 aliphatic carbocycles. The highest BCUT2D eigenvalue weighted by molar-refractivity contribution is 7.14. The lowest BCUT2D eigenvalue weighted by Crippen LogP contribution is -2.22. The van der Waals surface area contributed by atoms with E-state index in [9.17, 15) is 9.18 Å². The van der Waals surface area contributed by atoms with Gasteiger partial charge in [-0.15, -0.1) is 11.3 Å². The first-order valence-corrected chi connectivity index (χ1v) is 7.57. The average molecular weight is 300 g/mol. The third-order valence-corrected chi connectivity index (χ3v) is 4.83. The normalized spacial score (nSPS) is 12.8. The minimum Gasteiger partial charge on any atom is -0.347 e. The van der Waals surface area contributed by atoms with E-state index in [1.54, 1.807) is 6.07 Å². The molecule has 0 spiro atoms. The van der Waals surface area contributed by atoms with Crippen LogP contribution in [0.2, 0.25) is 0 Å². The Morgan fingerprint density at radius 1 is 1.38 bits per heavy atom. The molecule has 3 nitrogen and oxygen atoms in total. The van der Waals surface area contributed by atoms with Gasteiger partial charge >= 0.3 is 0 Å². The molecule has 1 N–H and O–H groups in total. The van der Waals surface area contributed by atoms with Gasteiger partial charge in [-0.25, -0.2) is 4.39 Å². The number of amides is 1. The van der Waals surface area contributed by atoms with Crippen LogP contribution >= 0.6 is 11.3 Å². The number of nitrogens with zero attached hydrogens (tertiary/aromatic N) is 1. The zero-order chi connectivity index (χ0) is 14.8. The maximum atomic E-state index is 13.7. The molecule has 0 saturated carbocycles. The number of hydrogen-bond acceptors (Lipinski definition) is 3. The predicted octanol–water partition coefficient (Wildman–Crippen LogP) is 3.18. The van der Waals surface area contributed by atoms with Gasteiger partial charge in [-0.05, 0) is 43.0 Å². The Morgan fingerprint density at radius 2 is 2.24 bits per heavy atom. The van der Waals surface area contributed by atoms with Crippen molar-refractivity contribution in [2.45, 2.75) is 25.8 Å². The molecule has 0 bridgehead atoms. The first kappa shape index (κ1) is 13.8. The van der Waals surface area contributed by atoms with Crippen LogP contribution in [-0.4, -0.2) is 5.91 Å². The summed E-state index contributed by atoms with van der Waals surface area (Å²) >= 11 is 1.53. The van der Waals surface area contributed by atoms with E-state index in [0.29, 0.717) is 10.4 Å². The molecule has 5 heteroatoms. The van der Waals surface area contributed by atoms with Gasteiger partial charge in [-0.1, -0.05) is 6.07 Å². The second kappa shape index (κ2) is 5.66. The van der Waals surface area contributed by atoms with Crippen molar-refractivity contribution in [1.82, 2.24) is 5.32 Å². The van der Waals surface area contributed by atoms with Crippen LogP contribution in [0.3, 0.4) is 0 Å². The van der Waals surface area contributed by atoms with Crippen molar-refractivity contribution in [3.63, 3.8) is 0 Å². The second-order valence-electron chi connectivity index (χ2n) is 5.01. The van der Waals surface area contributed by atoms with Gasteiger partial charge < -0.3 is 5.32 Å². The highest BCUT2D eigenvalue weighted by atomic mass is 32.1. The summed E-state index contributed by atoms with van der Waals surface area (Å²) in [4.78, 5) is 14.1. The monoisotopic (exact) mass is 300 g/mol. The predicted molar refractivity (Wildman–Crippen MR) is 78.6 cm³/mol. The quantitative estimate of drug-likeness (QED) is 0.946. The summed E-state index contributed by atoms with van der Waals surface area (Å²) in [6.45, 7) is 0.124. The number of nitriles is 1. The number of carbonyl (C=O) groups is 1. The largest absolute Gasteiger partial charge is 0.347 e. The molecule has 106 valence electrons. The highest BCUT2D eigenvalue weighted by Crippen LogP contribution is 2.30. The summed E-state index contributed by atoms with van der Waals surface area (Å²) in [5.74, 6) is -0.638. The van der Waals surface area contributed by atoms with Crippen LogP contribution < -0.4 is 5.32 Å². The molecule has 1 amide bonds. The smallest absolute Gasteiger partial charge is 0.261 e. The fourth-order valence-electron chi connectivity index (χ4n) is 2.46. The number of carbonyl (C=O) groups excluding carboxylic acids is 1. The summed E-state index contributed by atoms with van der Waals surface area (Å²) in [6.07, 6.45) is 3.26. The molecular weight excluding hydrogens is 287 g/mol. The minimum atomic E-state index is -0.469. The summed E-state index contributed by atoms with van der Waals surface area (Å²) in [5, 5.41) is 11.4. The molecule has 0 radical (unpaired) electrons. The number of nitrogens with one attached hydrogen (secondary N) is 1. The van der Waals surface area contributed by atoms with Gasteiger partial charge in [-0.3, -0.25) is 4.79 Å². The Bertz CT molecular complexity index is 724. The highest BCUT2D eigenvalue weighted by Gasteiger charge is 2.18. The van der Waals surface area contributed by atoms with Crippen molar-refractivity contribution in [1.29, 1.82) is 5.26 Å². The van der Waals surface area contributed by atoms with Gasteiger partial charge in [0.2, 0.25) is 0 Å². The molecule has 1 aromatic carbocycles. The Morgan fingerprint density at radius 3 is 2.95 bits per heavy atom. The van der Waals surface area contributed by atoms with Gasteiger partial charge in [0, 0.05) is 17.0 Å². The first-order chi connectivity index (χ1) is 10.2. The molecule has 0 fully saturated rings. The Labute approximate surface area is 126 Å². The lowest BCUT2D eigenvalue weighted by Gasteiger charge is -2.05. The Balaban J connectivity index is 1.67. The number of thiophene rings is 1. The fourth-order valence-corrected chi connectivity index (χ4v) is 3.63. The lowest BCUT2D eigenvalue weighted by atomic mass is 10.1. The van der Waals surface area contributed by atoms with Crippen LogP contribution in [0.25, 0.3) is 0 Å². The van der Waals surface area contributed by atoms with Gasteiger partial charge in [0.05, 0.1) is 16.5 Å². The fraction of sp³-hybridized carbons (Fsp3) is 0.250. The molecule has 0 aliphatic heterocycles. The van der Waals surface area contributed by atoms with Crippen molar-refractivity contribution in [3.05, 3.63) is 56.5 Å². The molecule has 1 heterocycles. The molecule has 1 aliphatic rings. The second-order valence-corrected chi connectivity index (χ2v) is 6.15. The zero-order valence-corrected chi connectivity index (χ0v) is 12.1. The van der Waals surface area contributed by atoms with Crippen LogP contribution in [0.1, 0.15) is 37.7 Å². The van der Waals surface area contributed by atoms with E-state index < -0.39 is 5.82 Å². The number of halogens is 1. The van der Waals surface area contributed by atoms with Gasteiger partial charge in [0.25, 0.3) is 5.91 Å². The van der Waals surface area contributed by atoms with E-state index in [2.05, 4.69) is 5.32 Å². The van der Waals surface area contributed by atoms with Gasteiger partial charge in [0.15, 0.2) is 0 Å². The summed E-state index contributed by atoms with van der Waals surface area (Å²) in [6, 6.07) is 8.08. The van der Waals surface area contributed by atoms with E-state index in [4.69, 9.17) is 5.26 Å². The van der Waals surface area contributed by atoms with E-state index in [-0.39, 0.29) is 18.0 Å². The van der Waals surface area contributed by atoms with Crippen molar-refractivity contribution in [2.75, 3.05) is 0 Å². The molecule has 0 atom stereocenters. The Kier molecular flexibility index (Phi) is 3.72. The number of hydrogen-bond donors (Lipinski definition) is 1. The molecule has 0 unspecified atom stereocenters. The van der Waals surface area contributed by atoms with Crippen LogP contribution in [0.15, 0.2) is 24.3 Å². The maximum Gasteiger partial charge on any atom is 0.261 e. The van der Waals surface area contributed by atoms with Crippen LogP contribution in [0.4, 0.5) is 4.39 Å². The standard InChI is InChI=1S/C16H13FN2OS/c17-13-6-10(8-18)4-5-12(13)9-19-16(20)15-7-11-2-1-3-14(11)21-15/h4-7H,1-3,9H2,(H,19,20). The average Bonchev–Trinajstić information content (AvgIpc) is 3.06. The summed E-state index contributed by atoms with van der Waals surface area (Å²) in [7, 11) is 0. The number of rotatable bonds is 3. The molecular formula is C16H13FN2OS. The molecule has 0 saturated heterocycles. The van der Waals surface area contributed by atoms with Crippen molar-refractivity contribution in [2.24, 2.45) is 0 Å². The lowest BCUT2D eigenvalue weighted by molar-refractivity contribution is 0.0954. The van der Waals surface area contributed by atoms with E-state index in [0.717, 1.165) is 12.8 Å². The van der Waals surface area contributed by atoms with E-state index in [1.807, 2.05) is 12.1 Å². The maximum absolute atomic E-state index is 13.7. The van der Waals surface area contributed by atoms with E-state index >= 15 is 0 Å². The summed E-state index contributed by atoms with van der Waals surface area (Å²) < 4.78 is 13.7. The van der Waals surface area contributed by atoms with Crippen molar-refractivity contribution >= 4 is 17.2 Å². The van der Waals surface area contributed by atoms with Gasteiger partial charge in [0.1, 0.15) is 5.82 Å². The number of aryl methyl sites for hydroxylation is 2. The minimum absolute atomic E-state index is 0.124. The SMILES string of the molecule is N#Cc1ccc(CNC(=O)c2cc3c(s2)CCC3)c(F)c1. The third kappa shape index (κ3) is 2.81.